The fourth-order valence-electron chi connectivity index (χ4n) is 4.44. The third kappa shape index (κ3) is 5.44. The molecule has 0 spiro atoms. The molecular formula is C20H35N5O3. The molecule has 3 saturated heterocycles. The van der Waals surface area contributed by atoms with Crippen molar-refractivity contribution in [3.05, 3.63) is 0 Å². The van der Waals surface area contributed by atoms with Gasteiger partial charge < -0.3 is 25.3 Å². The van der Waals surface area contributed by atoms with Crippen molar-refractivity contribution in [2.75, 3.05) is 59.9 Å². The number of amides is 3. The van der Waals surface area contributed by atoms with Gasteiger partial charge in [0.1, 0.15) is 0 Å². The number of likely N-dealkylation sites (tertiary alicyclic amines) is 2. The normalized spacial score (nSPS) is 28.2. The molecule has 3 fully saturated rings. The maximum absolute atomic E-state index is 13.0. The summed E-state index contributed by atoms with van der Waals surface area (Å²) >= 11 is 0. The molecule has 0 aromatic rings. The van der Waals surface area contributed by atoms with Crippen molar-refractivity contribution in [1.82, 2.24) is 25.3 Å². The fraction of sp³-hybridized carbons (Fsp3) is 0.850. The molecular weight excluding hydrogens is 358 g/mol. The molecule has 3 unspecified atom stereocenters. The van der Waals surface area contributed by atoms with Crippen LogP contribution in [0.1, 0.15) is 32.1 Å². The minimum absolute atomic E-state index is 0.0565. The summed E-state index contributed by atoms with van der Waals surface area (Å²) in [6, 6.07) is -0.0565. The summed E-state index contributed by atoms with van der Waals surface area (Å²) in [5.41, 5.74) is 0. The maximum Gasteiger partial charge on any atom is 0.237 e. The second kappa shape index (κ2) is 9.69. The molecule has 3 aliphatic heterocycles. The third-order valence-corrected chi connectivity index (χ3v) is 6.15. The van der Waals surface area contributed by atoms with Crippen LogP contribution in [0.25, 0.3) is 0 Å². The van der Waals surface area contributed by atoms with Gasteiger partial charge in [-0.1, -0.05) is 0 Å². The summed E-state index contributed by atoms with van der Waals surface area (Å²) in [6.07, 6.45) is 4.27. The molecule has 158 valence electrons. The van der Waals surface area contributed by atoms with E-state index in [-0.39, 0.29) is 29.7 Å². The maximum atomic E-state index is 13.0. The Hall–Kier alpha value is -1.67. The molecule has 0 saturated carbocycles. The minimum Gasteiger partial charge on any atom is -0.354 e. The molecule has 3 amide bonds. The van der Waals surface area contributed by atoms with Crippen molar-refractivity contribution in [2.24, 2.45) is 11.8 Å². The monoisotopic (exact) mass is 393 g/mol. The molecule has 0 aromatic heterocycles. The van der Waals surface area contributed by atoms with Crippen molar-refractivity contribution >= 4 is 17.7 Å². The SMILES string of the molecule is CN(C)CCN1CC(C(=O)N2CCCC(CNC(=O)C3CCCN3)C2)CC1=O. The van der Waals surface area contributed by atoms with Crippen molar-refractivity contribution in [2.45, 2.75) is 38.1 Å². The van der Waals surface area contributed by atoms with Crippen LogP contribution in [0.5, 0.6) is 0 Å². The zero-order chi connectivity index (χ0) is 20.1. The number of nitrogens with one attached hydrogen (secondary N) is 2. The first kappa shape index (κ1) is 21.0. The Labute approximate surface area is 168 Å². The van der Waals surface area contributed by atoms with E-state index < -0.39 is 0 Å². The average molecular weight is 394 g/mol. The van der Waals surface area contributed by atoms with E-state index >= 15 is 0 Å². The minimum atomic E-state index is -0.217. The van der Waals surface area contributed by atoms with Gasteiger partial charge >= 0.3 is 0 Å². The van der Waals surface area contributed by atoms with Crippen LogP contribution < -0.4 is 10.6 Å². The highest BCUT2D eigenvalue weighted by Gasteiger charge is 2.37. The lowest BCUT2D eigenvalue weighted by Crippen LogP contribution is -2.48. The third-order valence-electron chi connectivity index (χ3n) is 6.15. The van der Waals surface area contributed by atoms with Gasteiger partial charge in [0.2, 0.25) is 17.7 Å². The molecule has 3 atom stereocenters. The predicted octanol–water partition coefficient (Wildman–Crippen LogP) is -0.497. The van der Waals surface area contributed by atoms with E-state index in [2.05, 4.69) is 10.6 Å². The lowest BCUT2D eigenvalue weighted by Gasteiger charge is -2.34. The molecule has 8 heteroatoms. The molecule has 0 bridgehead atoms. The van der Waals surface area contributed by atoms with E-state index in [4.69, 9.17) is 0 Å². The second-order valence-electron chi connectivity index (χ2n) is 8.73. The fourth-order valence-corrected chi connectivity index (χ4v) is 4.44. The number of carbonyl (C=O) groups is 3. The summed E-state index contributed by atoms with van der Waals surface area (Å²) < 4.78 is 0. The first-order valence-corrected chi connectivity index (χ1v) is 10.7. The van der Waals surface area contributed by atoms with Gasteiger partial charge in [-0.25, -0.2) is 0 Å². The topological polar surface area (TPSA) is 85.0 Å². The van der Waals surface area contributed by atoms with Crippen LogP contribution in [0.2, 0.25) is 0 Å². The highest BCUT2D eigenvalue weighted by atomic mass is 16.2. The summed E-state index contributed by atoms with van der Waals surface area (Å²) in [5, 5.41) is 6.28. The van der Waals surface area contributed by atoms with Crippen molar-refractivity contribution in [3.8, 4) is 0 Å². The molecule has 3 heterocycles. The second-order valence-corrected chi connectivity index (χ2v) is 8.73. The number of piperidine rings is 1. The molecule has 0 aliphatic carbocycles. The molecule has 3 rings (SSSR count). The summed E-state index contributed by atoms with van der Waals surface area (Å²) in [7, 11) is 3.97. The largest absolute Gasteiger partial charge is 0.354 e. The highest BCUT2D eigenvalue weighted by molar-refractivity contribution is 5.89. The zero-order valence-electron chi connectivity index (χ0n) is 17.3. The number of rotatable bonds is 7. The van der Waals surface area contributed by atoms with Crippen LogP contribution in [0.15, 0.2) is 0 Å². The van der Waals surface area contributed by atoms with Crippen LogP contribution in [-0.4, -0.2) is 98.4 Å². The van der Waals surface area contributed by atoms with E-state index in [0.717, 1.165) is 45.3 Å². The van der Waals surface area contributed by atoms with Crippen molar-refractivity contribution < 1.29 is 14.4 Å². The van der Waals surface area contributed by atoms with Gasteiger partial charge in [-0.3, -0.25) is 14.4 Å². The van der Waals surface area contributed by atoms with Gasteiger partial charge in [0.25, 0.3) is 0 Å². The van der Waals surface area contributed by atoms with Crippen LogP contribution in [0.4, 0.5) is 0 Å². The molecule has 0 aromatic carbocycles. The molecule has 28 heavy (non-hydrogen) atoms. The zero-order valence-corrected chi connectivity index (χ0v) is 17.3. The van der Waals surface area contributed by atoms with Gasteiger partial charge in [0.15, 0.2) is 0 Å². The Morgan fingerprint density at radius 2 is 2.04 bits per heavy atom. The van der Waals surface area contributed by atoms with E-state index in [1.54, 1.807) is 0 Å². The van der Waals surface area contributed by atoms with Crippen LogP contribution in [-0.2, 0) is 14.4 Å². The van der Waals surface area contributed by atoms with Gasteiger partial charge in [-0.2, -0.15) is 0 Å². The number of hydrogen-bond acceptors (Lipinski definition) is 5. The Kier molecular flexibility index (Phi) is 7.29. The smallest absolute Gasteiger partial charge is 0.237 e. The first-order valence-electron chi connectivity index (χ1n) is 10.7. The number of hydrogen-bond donors (Lipinski definition) is 2. The average Bonchev–Trinajstić information content (AvgIpc) is 3.34. The lowest BCUT2D eigenvalue weighted by atomic mass is 9.96. The first-order chi connectivity index (χ1) is 13.4. The summed E-state index contributed by atoms with van der Waals surface area (Å²) in [5.74, 6) is 0.355. The van der Waals surface area contributed by atoms with E-state index in [0.29, 0.717) is 38.5 Å². The molecule has 2 N–H and O–H groups in total. The van der Waals surface area contributed by atoms with Crippen molar-refractivity contribution in [3.63, 3.8) is 0 Å². The van der Waals surface area contributed by atoms with Crippen LogP contribution >= 0.6 is 0 Å². The van der Waals surface area contributed by atoms with E-state index in [9.17, 15) is 14.4 Å². The number of likely N-dealkylation sites (N-methyl/N-ethyl adjacent to an activating group) is 1. The summed E-state index contributed by atoms with van der Waals surface area (Å²) in [4.78, 5) is 43.2. The highest BCUT2D eigenvalue weighted by Crippen LogP contribution is 2.24. The molecule has 3 aliphatic rings. The van der Waals surface area contributed by atoms with E-state index in [1.165, 1.54) is 0 Å². The Morgan fingerprint density at radius 1 is 1.21 bits per heavy atom. The molecule has 0 radical (unpaired) electrons. The Balaban J connectivity index is 1.45. The van der Waals surface area contributed by atoms with Gasteiger partial charge in [0, 0.05) is 45.7 Å². The quantitative estimate of drug-likeness (QED) is 0.609. The summed E-state index contributed by atoms with van der Waals surface area (Å²) in [6.45, 7) is 5.01. The van der Waals surface area contributed by atoms with Crippen molar-refractivity contribution in [1.29, 1.82) is 0 Å². The Morgan fingerprint density at radius 3 is 2.75 bits per heavy atom. The van der Waals surface area contributed by atoms with Gasteiger partial charge in [-0.15, -0.1) is 0 Å². The standard InChI is InChI=1S/C20H35N5O3/c1-23(2)9-10-24-14-16(11-18(24)26)20(28)25-8-4-5-15(13-25)12-22-19(27)17-6-3-7-21-17/h15-17,21H,3-14H2,1-2H3,(H,22,27). The van der Waals surface area contributed by atoms with Crippen LogP contribution in [0.3, 0.4) is 0 Å². The Bertz CT molecular complexity index is 576. The van der Waals surface area contributed by atoms with E-state index in [1.807, 2.05) is 28.8 Å². The molecule has 8 nitrogen and oxygen atoms in total. The van der Waals surface area contributed by atoms with Gasteiger partial charge in [0.05, 0.1) is 12.0 Å². The van der Waals surface area contributed by atoms with Crippen LogP contribution in [0, 0.1) is 11.8 Å². The number of carbonyl (C=O) groups excluding carboxylic acids is 3. The van der Waals surface area contributed by atoms with Gasteiger partial charge in [-0.05, 0) is 52.2 Å². The lowest BCUT2D eigenvalue weighted by molar-refractivity contribution is -0.137. The predicted molar refractivity (Wildman–Crippen MR) is 107 cm³/mol. The number of nitrogens with zero attached hydrogens (tertiary/aromatic N) is 3.